The van der Waals surface area contributed by atoms with Gasteiger partial charge < -0.3 is 10.2 Å². The number of likely N-dealkylation sites (tertiary alicyclic amines) is 1. The number of rotatable bonds is 2. The van der Waals surface area contributed by atoms with Gasteiger partial charge in [-0.15, -0.1) is 0 Å². The van der Waals surface area contributed by atoms with Gasteiger partial charge in [-0.25, -0.2) is 0 Å². The summed E-state index contributed by atoms with van der Waals surface area (Å²) in [5, 5.41) is 3.43. The zero-order valence-corrected chi connectivity index (χ0v) is 10.7. The van der Waals surface area contributed by atoms with Gasteiger partial charge >= 0.3 is 0 Å². The summed E-state index contributed by atoms with van der Waals surface area (Å²) in [7, 11) is 0. The van der Waals surface area contributed by atoms with Crippen LogP contribution in [0.1, 0.15) is 23.8 Å². The van der Waals surface area contributed by atoms with E-state index in [0.717, 1.165) is 26.1 Å². The Bertz CT molecular complexity index is 434. The Morgan fingerprint density at radius 2 is 2.39 bits per heavy atom. The summed E-state index contributed by atoms with van der Waals surface area (Å²) in [5.74, 6) is 1.35. The van der Waals surface area contributed by atoms with Gasteiger partial charge in [0.2, 0.25) is 0 Å². The van der Waals surface area contributed by atoms with Crippen molar-refractivity contribution < 1.29 is 4.79 Å². The number of nitrogens with zero attached hydrogens (tertiary/aromatic N) is 2. The first-order valence-corrected chi connectivity index (χ1v) is 6.74. The van der Waals surface area contributed by atoms with Crippen molar-refractivity contribution in [3.63, 3.8) is 0 Å². The quantitative estimate of drug-likeness (QED) is 0.850. The summed E-state index contributed by atoms with van der Waals surface area (Å²) in [4.78, 5) is 18.7. The highest BCUT2D eigenvalue weighted by Gasteiger charge is 2.45. The maximum absolute atomic E-state index is 12.5. The Balaban J connectivity index is 1.82. The van der Waals surface area contributed by atoms with Crippen molar-refractivity contribution in [2.24, 2.45) is 11.8 Å². The lowest BCUT2D eigenvalue weighted by atomic mass is 9.93. The number of carbonyl (C=O) groups is 1. The SMILES string of the molecule is CCC1C2CNCC2CN1C(=O)c1ccccn1. The normalized spacial score (nSPS) is 30.5. The molecule has 0 aliphatic carbocycles. The number of hydrogen-bond acceptors (Lipinski definition) is 3. The van der Waals surface area contributed by atoms with Crippen LogP contribution in [0.3, 0.4) is 0 Å². The third-order valence-corrected chi connectivity index (χ3v) is 4.28. The second-order valence-corrected chi connectivity index (χ2v) is 5.23. The molecule has 3 heterocycles. The van der Waals surface area contributed by atoms with Crippen LogP contribution in [0.15, 0.2) is 24.4 Å². The highest BCUT2D eigenvalue weighted by molar-refractivity contribution is 5.92. The lowest BCUT2D eigenvalue weighted by molar-refractivity contribution is 0.0705. The van der Waals surface area contributed by atoms with Gasteiger partial charge in [0.1, 0.15) is 5.69 Å². The molecular formula is C14H19N3O. The molecule has 2 fully saturated rings. The van der Waals surface area contributed by atoms with Crippen molar-refractivity contribution in [1.29, 1.82) is 0 Å². The molecular weight excluding hydrogens is 226 g/mol. The molecule has 1 N–H and O–H groups in total. The van der Waals surface area contributed by atoms with E-state index in [1.165, 1.54) is 0 Å². The molecule has 1 aromatic rings. The topological polar surface area (TPSA) is 45.2 Å². The maximum Gasteiger partial charge on any atom is 0.272 e. The summed E-state index contributed by atoms with van der Waals surface area (Å²) in [6.07, 6.45) is 2.72. The molecule has 0 aromatic carbocycles. The van der Waals surface area contributed by atoms with Gasteiger partial charge in [-0.05, 0) is 30.4 Å². The Morgan fingerprint density at radius 1 is 1.50 bits per heavy atom. The summed E-state index contributed by atoms with van der Waals surface area (Å²) in [6, 6.07) is 5.90. The van der Waals surface area contributed by atoms with Gasteiger partial charge in [-0.2, -0.15) is 0 Å². The second kappa shape index (κ2) is 4.69. The Hall–Kier alpha value is -1.42. The van der Waals surface area contributed by atoms with E-state index in [4.69, 9.17) is 0 Å². The zero-order valence-electron chi connectivity index (χ0n) is 10.7. The summed E-state index contributed by atoms with van der Waals surface area (Å²) >= 11 is 0. The Labute approximate surface area is 107 Å². The van der Waals surface area contributed by atoms with E-state index in [9.17, 15) is 4.79 Å². The molecule has 0 spiro atoms. The van der Waals surface area contributed by atoms with Gasteiger partial charge in [-0.1, -0.05) is 13.0 Å². The smallest absolute Gasteiger partial charge is 0.272 e. The van der Waals surface area contributed by atoms with E-state index in [1.54, 1.807) is 12.3 Å². The molecule has 3 rings (SSSR count). The van der Waals surface area contributed by atoms with Crippen LogP contribution in [0, 0.1) is 11.8 Å². The fourth-order valence-electron chi connectivity index (χ4n) is 3.42. The van der Waals surface area contributed by atoms with Crippen molar-refractivity contribution in [1.82, 2.24) is 15.2 Å². The standard InChI is InChI=1S/C14H19N3O/c1-2-13-11-8-15-7-10(11)9-17(13)14(18)12-5-3-4-6-16-12/h3-6,10-11,13,15H,2,7-9H2,1H3. The number of nitrogens with one attached hydrogen (secondary N) is 1. The van der Waals surface area contributed by atoms with E-state index in [1.807, 2.05) is 17.0 Å². The molecule has 18 heavy (non-hydrogen) atoms. The molecule has 1 aromatic heterocycles. The molecule has 0 saturated carbocycles. The molecule has 2 aliphatic heterocycles. The van der Waals surface area contributed by atoms with Crippen LogP contribution >= 0.6 is 0 Å². The number of fused-ring (bicyclic) bond motifs is 1. The molecule has 2 aliphatic rings. The van der Waals surface area contributed by atoms with Crippen LogP contribution in [-0.2, 0) is 0 Å². The molecule has 4 nitrogen and oxygen atoms in total. The number of hydrogen-bond donors (Lipinski definition) is 1. The van der Waals surface area contributed by atoms with Crippen molar-refractivity contribution in [2.45, 2.75) is 19.4 Å². The van der Waals surface area contributed by atoms with E-state index < -0.39 is 0 Å². The molecule has 2 saturated heterocycles. The van der Waals surface area contributed by atoms with Crippen LogP contribution in [0.2, 0.25) is 0 Å². The van der Waals surface area contributed by atoms with Crippen molar-refractivity contribution in [3.8, 4) is 0 Å². The van der Waals surface area contributed by atoms with Gasteiger partial charge in [0.15, 0.2) is 0 Å². The first-order chi connectivity index (χ1) is 8.81. The lowest BCUT2D eigenvalue weighted by Gasteiger charge is -2.26. The van der Waals surface area contributed by atoms with Crippen LogP contribution in [0.25, 0.3) is 0 Å². The monoisotopic (exact) mass is 245 g/mol. The third-order valence-electron chi connectivity index (χ3n) is 4.28. The lowest BCUT2D eigenvalue weighted by Crippen LogP contribution is -2.39. The zero-order chi connectivity index (χ0) is 12.5. The van der Waals surface area contributed by atoms with Gasteiger partial charge in [0, 0.05) is 31.9 Å². The first-order valence-electron chi connectivity index (χ1n) is 6.74. The Morgan fingerprint density at radius 3 is 3.11 bits per heavy atom. The second-order valence-electron chi connectivity index (χ2n) is 5.23. The minimum Gasteiger partial charge on any atom is -0.334 e. The highest BCUT2D eigenvalue weighted by atomic mass is 16.2. The molecule has 0 bridgehead atoms. The highest BCUT2D eigenvalue weighted by Crippen LogP contribution is 2.34. The minimum absolute atomic E-state index is 0.0943. The third kappa shape index (κ3) is 1.81. The number of amides is 1. The average molecular weight is 245 g/mol. The summed E-state index contributed by atoms with van der Waals surface area (Å²) < 4.78 is 0. The van der Waals surface area contributed by atoms with Crippen molar-refractivity contribution in [3.05, 3.63) is 30.1 Å². The average Bonchev–Trinajstić information content (AvgIpc) is 2.98. The molecule has 1 amide bonds. The predicted octanol–water partition coefficient (Wildman–Crippen LogP) is 1.15. The van der Waals surface area contributed by atoms with E-state index in [-0.39, 0.29) is 5.91 Å². The van der Waals surface area contributed by atoms with E-state index in [2.05, 4.69) is 17.2 Å². The first kappa shape index (κ1) is 11.7. The van der Waals surface area contributed by atoms with E-state index >= 15 is 0 Å². The van der Waals surface area contributed by atoms with E-state index in [0.29, 0.717) is 23.6 Å². The summed E-state index contributed by atoms with van der Waals surface area (Å²) in [5.41, 5.74) is 0.573. The predicted molar refractivity (Wildman–Crippen MR) is 69.2 cm³/mol. The molecule has 3 unspecified atom stereocenters. The summed E-state index contributed by atoms with van der Waals surface area (Å²) in [6.45, 7) is 5.15. The largest absolute Gasteiger partial charge is 0.334 e. The number of carbonyl (C=O) groups excluding carboxylic acids is 1. The fourth-order valence-corrected chi connectivity index (χ4v) is 3.42. The maximum atomic E-state index is 12.5. The molecule has 3 atom stereocenters. The molecule has 0 radical (unpaired) electrons. The van der Waals surface area contributed by atoms with Gasteiger partial charge in [0.25, 0.3) is 5.91 Å². The van der Waals surface area contributed by atoms with Gasteiger partial charge in [-0.3, -0.25) is 9.78 Å². The van der Waals surface area contributed by atoms with Crippen LogP contribution in [0.5, 0.6) is 0 Å². The number of aromatic nitrogens is 1. The molecule has 96 valence electrons. The fraction of sp³-hybridized carbons (Fsp3) is 0.571. The van der Waals surface area contributed by atoms with Crippen LogP contribution < -0.4 is 5.32 Å². The minimum atomic E-state index is 0.0943. The van der Waals surface area contributed by atoms with Crippen molar-refractivity contribution in [2.75, 3.05) is 19.6 Å². The van der Waals surface area contributed by atoms with Crippen molar-refractivity contribution >= 4 is 5.91 Å². The van der Waals surface area contributed by atoms with Crippen LogP contribution in [-0.4, -0.2) is 41.5 Å². The van der Waals surface area contributed by atoms with Gasteiger partial charge in [0.05, 0.1) is 0 Å². The number of pyridine rings is 1. The Kier molecular flexibility index (Phi) is 3.04. The molecule has 4 heteroatoms. The van der Waals surface area contributed by atoms with Crippen LogP contribution in [0.4, 0.5) is 0 Å².